The van der Waals surface area contributed by atoms with Gasteiger partial charge in [0.2, 0.25) is 0 Å². The molecule has 1 N–H and O–H groups in total. The summed E-state index contributed by atoms with van der Waals surface area (Å²) in [6.45, 7) is 1.65. The van der Waals surface area contributed by atoms with Gasteiger partial charge in [-0.3, -0.25) is 4.79 Å². The first-order valence-corrected chi connectivity index (χ1v) is 5.58. The highest BCUT2D eigenvalue weighted by Gasteiger charge is 2.25. The van der Waals surface area contributed by atoms with Gasteiger partial charge in [0.15, 0.2) is 5.78 Å². The van der Waals surface area contributed by atoms with Gasteiger partial charge < -0.3 is 5.32 Å². The largest absolute Gasteiger partial charge is 0.315 e. The molecule has 0 saturated carbocycles. The first kappa shape index (κ1) is 9.55. The lowest BCUT2D eigenvalue weighted by atomic mass is 9.92. The lowest BCUT2D eigenvalue weighted by Gasteiger charge is -2.25. The molecule has 2 aromatic carbocycles. The normalized spacial score (nSPS) is 16.0. The number of nitrogens with one attached hydrogen (secondary N) is 1. The zero-order chi connectivity index (χ0) is 11.0. The van der Waals surface area contributed by atoms with Crippen molar-refractivity contribution in [3.05, 3.63) is 48.0 Å². The molecule has 0 atom stereocenters. The van der Waals surface area contributed by atoms with E-state index in [0.29, 0.717) is 0 Å². The number of carbonyl (C=O) groups is 1. The van der Waals surface area contributed by atoms with Gasteiger partial charge in [0.1, 0.15) is 0 Å². The summed E-state index contributed by atoms with van der Waals surface area (Å²) >= 11 is 0. The number of hydrogen-bond acceptors (Lipinski definition) is 2. The maximum atomic E-state index is 12.0. The Balaban J connectivity index is 2.01. The van der Waals surface area contributed by atoms with Crippen LogP contribution in [0, 0.1) is 5.92 Å². The van der Waals surface area contributed by atoms with E-state index in [1.807, 2.05) is 36.4 Å². The molecule has 0 bridgehead atoms. The van der Waals surface area contributed by atoms with Crippen LogP contribution >= 0.6 is 0 Å². The second-order valence-corrected chi connectivity index (χ2v) is 4.28. The van der Waals surface area contributed by atoms with Crippen molar-refractivity contribution in [3.63, 3.8) is 0 Å². The molecule has 0 radical (unpaired) electrons. The van der Waals surface area contributed by atoms with Crippen LogP contribution in [0.15, 0.2) is 42.5 Å². The quantitative estimate of drug-likeness (QED) is 0.772. The third-order valence-corrected chi connectivity index (χ3v) is 3.19. The topological polar surface area (TPSA) is 29.1 Å². The third-order valence-electron chi connectivity index (χ3n) is 3.19. The molecule has 1 aliphatic heterocycles. The van der Waals surface area contributed by atoms with Crippen LogP contribution in [0.25, 0.3) is 10.8 Å². The third kappa shape index (κ3) is 1.51. The van der Waals surface area contributed by atoms with Crippen molar-refractivity contribution < 1.29 is 4.79 Å². The van der Waals surface area contributed by atoms with Crippen molar-refractivity contribution in [3.8, 4) is 0 Å². The molecule has 3 rings (SSSR count). The van der Waals surface area contributed by atoms with E-state index < -0.39 is 0 Å². The summed E-state index contributed by atoms with van der Waals surface area (Å²) in [5.74, 6) is 0.450. The van der Waals surface area contributed by atoms with Crippen LogP contribution in [-0.4, -0.2) is 18.9 Å². The molecule has 2 heteroatoms. The average Bonchev–Trinajstić information content (AvgIpc) is 2.26. The minimum atomic E-state index is 0.182. The SMILES string of the molecule is O=C(c1ccc2ccccc2c1)C1CNC1. The monoisotopic (exact) mass is 211 g/mol. The molecule has 0 amide bonds. The number of Topliss-reactive ketones (excluding diaryl/α,β-unsaturated/α-hetero) is 1. The minimum absolute atomic E-state index is 0.182. The molecule has 0 aromatic heterocycles. The van der Waals surface area contributed by atoms with Gasteiger partial charge in [0.25, 0.3) is 0 Å². The second kappa shape index (κ2) is 3.72. The van der Waals surface area contributed by atoms with Crippen LogP contribution in [0.1, 0.15) is 10.4 Å². The Labute approximate surface area is 94.3 Å². The van der Waals surface area contributed by atoms with Crippen LogP contribution in [0.5, 0.6) is 0 Å². The van der Waals surface area contributed by atoms with Crippen molar-refractivity contribution in [1.29, 1.82) is 0 Å². The predicted molar refractivity (Wildman–Crippen MR) is 64.6 cm³/mol. The van der Waals surface area contributed by atoms with E-state index in [4.69, 9.17) is 0 Å². The zero-order valence-corrected chi connectivity index (χ0v) is 8.94. The van der Waals surface area contributed by atoms with E-state index in [1.165, 1.54) is 5.39 Å². The fourth-order valence-electron chi connectivity index (χ4n) is 2.05. The smallest absolute Gasteiger partial charge is 0.168 e. The maximum Gasteiger partial charge on any atom is 0.168 e. The maximum absolute atomic E-state index is 12.0. The highest BCUT2D eigenvalue weighted by molar-refractivity contribution is 6.01. The number of benzene rings is 2. The summed E-state index contributed by atoms with van der Waals surface area (Å²) in [7, 11) is 0. The predicted octanol–water partition coefficient (Wildman–Crippen LogP) is 2.24. The first-order chi connectivity index (χ1) is 7.84. The van der Waals surface area contributed by atoms with E-state index in [0.717, 1.165) is 24.0 Å². The van der Waals surface area contributed by atoms with Crippen molar-refractivity contribution in [2.24, 2.45) is 5.92 Å². The lowest BCUT2D eigenvalue weighted by Crippen LogP contribution is -2.46. The van der Waals surface area contributed by atoms with Crippen LogP contribution < -0.4 is 5.32 Å². The molecular formula is C14H13NO. The van der Waals surface area contributed by atoms with Crippen molar-refractivity contribution in [2.45, 2.75) is 0 Å². The molecule has 1 saturated heterocycles. The van der Waals surface area contributed by atoms with Gasteiger partial charge in [0, 0.05) is 24.6 Å². The van der Waals surface area contributed by atoms with Crippen molar-refractivity contribution in [2.75, 3.05) is 13.1 Å². The summed E-state index contributed by atoms with van der Waals surface area (Å²) < 4.78 is 0. The van der Waals surface area contributed by atoms with Gasteiger partial charge >= 0.3 is 0 Å². The van der Waals surface area contributed by atoms with Gasteiger partial charge in [0.05, 0.1) is 0 Å². The zero-order valence-electron chi connectivity index (χ0n) is 8.94. The van der Waals surface area contributed by atoms with E-state index in [-0.39, 0.29) is 11.7 Å². The summed E-state index contributed by atoms with van der Waals surface area (Å²) in [5, 5.41) is 5.45. The van der Waals surface area contributed by atoms with Crippen molar-refractivity contribution in [1.82, 2.24) is 5.32 Å². The average molecular weight is 211 g/mol. The van der Waals surface area contributed by atoms with E-state index >= 15 is 0 Å². The molecule has 1 fully saturated rings. The Bertz CT molecular complexity index is 543. The molecule has 2 aromatic rings. The number of fused-ring (bicyclic) bond motifs is 1. The van der Waals surface area contributed by atoms with Gasteiger partial charge in [-0.2, -0.15) is 0 Å². The van der Waals surface area contributed by atoms with Crippen LogP contribution in [0.2, 0.25) is 0 Å². The standard InChI is InChI=1S/C14H13NO/c16-14(13-8-15-9-13)12-6-5-10-3-1-2-4-11(10)7-12/h1-7,13,15H,8-9H2. The second-order valence-electron chi connectivity index (χ2n) is 4.28. The lowest BCUT2D eigenvalue weighted by molar-refractivity contribution is 0.0878. The highest BCUT2D eigenvalue weighted by atomic mass is 16.1. The Morgan fingerprint density at radius 2 is 1.81 bits per heavy atom. The Morgan fingerprint density at radius 3 is 2.50 bits per heavy atom. The van der Waals surface area contributed by atoms with Crippen LogP contribution in [0.3, 0.4) is 0 Å². The number of ketones is 1. The van der Waals surface area contributed by atoms with Gasteiger partial charge in [-0.15, -0.1) is 0 Å². The van der Waals surface area contributed by atoms with Crippen LogP contribution in [-0.2, 0) is 0 Å². The summed E-state index contributed by atoms with van der Waals surface area (Å²) in [4.78, 5) is 12.0. The summed E-state index contributed by atoms with van der Waals surface area (Å²) in [6, 6.07) is 14.1. The summed E-state index contributed by atoms with van der Waals surface area (Å²) in [5.41, 5.74) is 0.838. The van der Waals surface area contributed by atoms with E-state index in [1.54, 1.807) is 0 Å². The Hall–Kier alpha value is -1.67. The number of hydrogen-bond donors (Lipinski definition) is 1. The van der Waals surface area contributed by atoms with Crippen molar-refractivity contribution >= 4 is 16.6 Å². The highest BCUT2D eigenvalue weighted by Crippen LogP contribution is 2.19. The Kier molecular flexibility index (Phi) is 2.22. The molecule has 0 aliphatic carbocycles. The molecule has 1 aliphatic rings. The molecule has 1 heterocycles. The molecule has 0 unspecified atom stereocenters. The number of rotatable bonds is 2. The van der Waals surface area contributed by atoms with Gasteiger partial charge in [-0.05, 0) is 16.8 Å². The Morgan fingerprint density at radius 1 is 1.06 bits per heavy atom. The summed E-state index contributed by atoms with van der Waals surface area (Å²) in [6.07, 6.45) is 0. The number of carbonyl (C=O) groups excluding carboxylic acids is 1. The fraction of sp³-hybridized carbons (Fsp3) is 0.214. The molecule has 80 valence electrons. The van der Waals surface area contributed by atoms with Gasteiger partial charge in [-0.25, -0.2) is 0 Å². The first-order valence-electron chi connectivity index (χ1n) is 5.58. The fourth-order valence-corrected chi connectivity index (χ4v) is 2.05. The molecule has 2 nitrogen and oxygen atoms in total. The molecule has 16 heavy (non-hydrogen) atoms. The van der Waals surface area contributed by atoms with E-state index in [9.17, 15) is 4.79 Å². The van der Waals surface area contributed by atoms with E-state index in [2.05, 4.69) is 11.4 Å². The molecular weight excluding hydrogens is 198 g/mol. The minimum Gasteiger partial charge on any atom is -0.315 e. The van der Waals surface area contributed by atoms with Crippen LogP contribution in [0.4, 0.5) is 0 Å². The molecule has 0 spiro atoms. The van der Waals surface area contributed by atoms with Gasteiger partial charge in [-0.1, -0.05) is 36.4 Å².